The molecule has 0 amide bonds. The minimum atomic E-state index is -3.25. The SMILES string of the molecule is C=C(Cl)/C=C\C(=C)Sc1ocnc1-c1ccc(S(C)(=O)=O)cc1C.Cc1ccccc1. The Balaban J connectivity index is 0.000000412. The van der Waals surface area contributed by atoms with E-state index in [0.717, 1.165) is 11.1 Å². The number of benzene rings is 2. The number of rotatable bonds is 6. The summed E-state index contributed by atoms with van der Waals surface area (Å²) < 4.78 is 28.7. The molecule has 3 aromatic rings. The number of thioether (sulfide) groups is 1. The lowest BCUT2D eigenvalue weighted by atomic mass is 10.1. The molecule has 0 saturated heterocycles. The molecule has 2 aromatic carbocycles. The van der Waals surface area contributed by atoms with Gasteiger partial charge in [-0.2, -0.15) is 0 Å². The quantitative estimate of drug-likeness (QED) is 0.286. The number of halogens is 1. The fourth-order valence-corrected chi connectivity index (χ4v) is 3.98. The molecule has 3 rings (SSSR count). The molecule has 162 valence electrons. The van der Waals surface area contributed by atoms with E-state index in [1.165, 1.54) is 30.0 Å². The second-order valence-corrected chi connectivity index (χ2v) is 10.3. The number of nitrogens with zero attached hydrogens (tertiary/aromatic N) is 1. The standard InChI is InChI=1S/C17H16ClNO3S2.C7H8/c1-11-9-14(24(4,20)21)7-8-15(11)16-17(22-10-19-16)23-13(3)6-5-12(2)18;1-7-5-3-2-4-6-7/h5-10H,2-3H2,1,4H3;2-6H,1H3/b6-5-;. The highest BCUT2D eigenvalue weighted by molar-refractivity contribution is 8.03. The zero-order chi connectivity index (χ0) is 23.0. The maximum absolute atomic E-state index is 11.6. The summed E-state index contributed by atoms with van der Waals surface area (Å²) in [5, 5.41) is 0.974. The van der Waals surface area contributed by atoms with Crippen molar-refractivity contribution in [3.05, 3.63) is 101 Å². The molecular formula is C24H24ClNO3S2. The highest BCUT2D eigenvalue weighted by atomic mass is 35.5. The van der Waals surface area contributed by atoms with Gasteiger partial charge in [0.25, 0.3) is 0 Å². The number of hydrogen-bond donors (Lipinski definition) is 0. The van der Waals surface area contributed by atoms with Crippen molar-refractivity contribution in [3.63, 3.8) is 0 Å². The van der Waals surface area contributed by atoms with Crippen molar-refractivity contribution < 1.29 is 12.8 Å². The molecule has 0 unspecified atom stereocenters. The maximum atomic E-state index is 11.6. The van der Waals surface area contributed by atoms with E-state index in [-0.39, 0.29) is 4.90 Å². The largest absolute Gasteiger partial charge is 0.436 e. The Labute approximate surface area is 193 Å². The third kappa shape index (κ3) is 7.90. The van der Waals surface area contributed by atoms with Crippen LogP contribution < -0.4 is 0 Å². The molecule has 31 heavy (non-hydrogen) atoms. The first-order valence-corrected chi connectivity index (χ1v) is 12.3. The van der Waals surface area contributed by atoms with Crippen molar-refractivity contribution >= 4 is 33.2 Å². The second-order valence-electron chi connectivity index (χ2n) is 6.74. The molecule has 0 bridgehead atoms. The lowest BCUT2D eigenvalue weighted by Gasteiger charge is -2.07. The van der Waals surface area contributed by atoms with E-state index < -0.39 is 9.84 Å². The zero-order valence-corrected chi connectivity index (χ0v) is 20.0. The van der Waals surface area contributed by atoms with Crippen LogP contribution in [0.3, 0.4) is 0 Å². The van der Waals surface area contributed by atoms with Gasteiger partial charge >= 0.3 is 0 Å². The van der Waals surface area contributed by atoms with Crippen LogP contribution in [0.25, 0.3) is 11.3 Å². The van der Waals surface area contributed by atoms with Gasteiger partial charge in [-0.1, -0.05) is 78.5 Å². The predicted octanol–water partition coefficient (Wildman–Crippen LogP) is 6.96. The van der Waals surface area contributed by atoms with Gasteiger partial charge in [0.2, 0.25) is 0 Å². The Kier molecular flexibility index (Phi) is 8.92. The van der Waals surface area contributed by atoms with Crippen LogP contribution in [0.2, 0.25) is 0 Å². The predicted molar refractivity (Wildman–Crippen MR) is 130 cm³/mol. The molecular weight excluding hydrogens is 450 g/mol. The topological polar surface area (TPSA) is 60.2 Å². The number of hydrogen-bond acceptors (Lipinski definition) is 5. The van der Waals surface area contributed by atoms with Crippen LogP contribution in [0.1, 0.15) is 11.1 Å². The minimum absolute atomic E-state index is 0.273. The highest BCUT2D eigenvalue weighted by Crippen LogP contribution is 2.36. The molecule has 1 aromatic heterocycles. The van der Waals surface area contributed by atoms with Crippen molar-refractivity contribution in [2.45, 2.75) is 23.8 Å². The molecule has 0 saturated carbocycles. The monoisotopic (exact) mass is 473 g/mol. The first kappa shape index (κ1) is 24.7. The lowest BCUT2D eigenvalue weighted by Crippen LogP contribution is -1.98. The molecule has 1 heterocycles. The first-order valence-electron chi connectivity index (χ1n) is 9.23. The molecule has 0 aliphatic heterocycles. The Morgan fingerprint density at radius 1 is 1.10 bits per heavy atom. The summed E-state index contributed by atoms with van der Waals surface area (Å²) in [6, 6.07) is 15.2. The highest BCUT2D eigenvalue weighted by Gasteiger charge is 2.16. The maximum Gasteiger partial charge on any atom is 0.193 e. The van der Waals surface area contributed by atoms with E-state index in [9.17, 15) is 8.42 Å². The van der Waals surface area contributed by atoms with Gasteiger partial charge in [-0.05, 0) is 43.7 Å². The van der Waals surface area contributed by atoms with Crippen LogP contribution in [0, 0.1) is 13.8 Å². The smallest absolute Gasteiger partial charge is 0.193 e. The Morgan fingerprint density at radius 2 is 1.77 bits per heavy atom. The number of sulfone groups is 1. The van der Waals surface area contributed by atoms with Gasteiger partial charge in [-0.25, -0.2) is 13.4 Å². The van der Waals surface area contributed by atoms with Gasteiger partial charge in [0.15, 0.2) is 21.3 Å². The Hall–Kier alpha value is -2.54. The summed E-state index contributed by atoms with van der Waals surface area (Å²) in [5.41, 5.74) is 3.56. The number of aryl methyl sites for hydroxylation is 2. The summed E-state index contributed by atoms with van der Waals surface area (Å²) >= 11 is 6.99. The van der Waals surface area contributed by atoms with Gasteiger partial charge < -0.3 is 4.42 Å². The molecule has 0 aliphatic rings. The van der Waals surface area contributed by atoms with Gasteiger partial charge in [-0.15, -0.1) is 0 Å². The third-order valence-electron chi connectivity index (χ3n) is 4.03. The van der Waals surface area contributed by atoms with Gasteiger partial charge in [-0.3, -0.25) is 0 Å². The lowest BCUT2D eigenvalue weighted by molar-refractivity contribution is 0.471. The summed E-state index contributed by atoms with van der Waals surface area (Å²) in [4.78, 5) is 5.22. The van der Waals surface area contributed by atoms with E-state index in [4.69, 9.17) is 16.0 Å². The van der Waals surface area contributed by atoms with E-state index in [2.05, 4.69) is 37.2 Å². The van der Waals surface area contributed by atoms with Gasteiger partial charge in [0, 0.05) is 21.8 Å². The number of allylic oxidation sites excluding steroid dienone is 3. The first-order chi connectivity index (χ1) is 14.6. The fourth-order valence-electron chi connectivity index (χ4n) is 2.49. The molecule has 0 spiro atoms. The molecule has 0 aliphatic carbocycles. The van der Waals surface area contributed by atoms with Crippen molar-refractivity contribution in [1.29, 1.82) is 0 Å². The summed E-state index contributed by atoms with van der Waals surface area (Å²) in [5.74, 6) is 0. The third-order valence-corrected chi connectivity index (χ3v) is 6.14. The average molecular weight is 474 g/mol. The van der Waals surface area contributed by atoms with E-state index in [1.54, 1.807) is 30.4 Å². The van der Waals surface area contributed by atoms with Gasteiger partial charge in [0.05, 0.1) is 4.90 Å². The molecule has 0 fully saturated rings. The average Bonchev–Trinajstić information content (AvgIpc) is 3.14. The van der Waals surface area contributed by atoms with Crippen molar-refractivity contribution in [2.24, 2.45) is 0 Å². The van der Waals surface area contributed by atoms with Crippen LogP contribution in [-0.2, 0) is 9.84 Å². The zero-order valence-electron chi connectivity index (χ0n) is 17.6. The summed E-state index contributed by atoms with van der Waals surface area (Å²) in [6.45, 7) is 11.4. The van der Waals surface area contributed by atoms with E-state index in [0.29, 0.717) is 20.7 Å². The normalized spacial score (nSPS) is 11.1. The van der Waals surface area contributed by atoms with Crippen LogP contribution in [0.5, 0.6) is 0 Å². The van der Waals surface area contributed by atoms with Crippen LogP contribution >= 0.6 is 23.4 Å². The van der Waals surface area contributed by atoms with Crippen LogP contribution in [0.15, 0.2) is 105 Å². The van der Waals surface area contributed by atoms with Gasteiger partial charge in [0.1, 0.15) is 5.69 Å². The van der Waals surface area contributed by atoms with Crippen LogP contribution in [0.4, 0.5) is 0 Å². The molecule has 7 heteroatoms. The summed E-state index contributed by atoms with van der Waals surface area (Å²) in [7, 11) is -3.25. The van der Waals surface area contributed by atoms with Crippen LogP contribution in [-0.4, -0.2) is 19.7 Å². The van der Waals surface area contributed by atoms with Crippen molar-refractivity contribution in [1.82, 2.24) is 4.98 Å². The minimum Gasteiger partial charge on any atom is -0.436 e. The Bertz CT molecular complexity index is 1200. The molecule has 0 N–H and O–H groups in total. The Morgan fingerprint density at radius 3 is 2.29 bits per heavy atom. The molecule has 4 nitrogen and oxygen atoms in total. The van der Waals surface area contributed by atoms with Crippen molar-refractivity contribution in [3.8, 4) is 11.3 Å². The number of aromatic nitrogens is 1. The summed E-state index contributed by atoms with van der Waals surface area (Å²) in [6.07, 6.45) is 5.89. The molecule has 0 radical (unpaired) electrons. The fraction of sp³-hybridized carbons (Fsp3) is 0.125. The van der Waals surface area contributed by atoms with E-state index >= 15 is 0 Å². The number of oxazole rings is 1. The van der Waals surface area contributed by atoms with Crippen molar-refractivity contribution in [2.75, 3.05) is 6.26 Å². The molecule has 0 atom stereocenters. The second kappa shape index (κ2) is 11.2. The van der Waals surface area contributed by atoms with E-state index in [1.807, 2.05) is 25.1 Å².